The van der Waals surface area contributed by atoms with E-state index in [0.717, 1.165) is 32.4 Å². The molecule has 0 saturated carbocycles. The summed E-state index contributed by atoms with van der Waals surface area (Å²) in [6, 6.07) is 2.83. The van der Waals surface area contributed by atoms with E-state index in [2.05, 4.69) is 6.92 Å². The van der Waals surface area contributed by atoms with Gasteiger partial charge in [-0.05, 0) is 49.3 Å². The second kappa shape index (κ2) is 6.53. The van der Waals surface area contributed by atoms with E-state index in [9.17, 15) is 8.78 Å². The molecule has 2 rings (SSSR count). The van der Waals surface area contributed by atoms with E-state index in [1.54, 1.807) is 0 Å². The van der Waals surface area contributed by atoms with Crippen LogP contribution in [0.3, 0.4) is 0 Å². The van der Waals surface area contributed by atoms with E-state index in [-0.39, 0.29) is 11.7 Å². The summed E-state index contributed by atoms with van der Waals surface area (Å²) in [6.45, 7) is 5.55. The summed E-state index contributed by atoms with van der Waals surface area (Å²) in [7, 11) is 0. The average Bonchev–Trinajstić information content (AvgIpc) is 2.37. The number of rotatable bonds is 4. The van der Waals surface area contributed by atoms with Crippen LogP contribution in [0.15, 0.2) is 12.1 Å². The Morgan fingerprint density at radius 1 is 1.35 bits per heavy atom. The zero-order chi connectivity index (χ0) is 14.7. The topological polar surface area (TPSA) is 29.3 Å². The van der Waals surface area contributed by atoms with Crippen molar-refractivity contribution in [3.8, 4) is 0 Å². The van der Waals surface area contributed by atoms with Crippen LogP contribution >= 0.6 is 0 Å². The van der Waals surface area contributed by atoms with Crippen LogP contribution in [0.1, 0.15) is 38.7 Å². The highest BCUT2D eigenvalue weighted by Gasteiger charge is 2.23. The maximum atomic E-state index is 14.3. The zero-order valence-electron chi connectivity index (χ0n) is 12.3. The van der Waals surface area contributed by atoms with Crippen LogP contribution < -0.4 is 10.6 Å². The third-order valence-electron chi connectivity index (χ3n) is 4.07. The Hall–Kier alpha value is -1.16. The standard InChI is InChI=1S/C16H24F2N2/c1-3-13(19)7-12-8-14(17)16(15(18)9-12)20-6-4-5-11(2)10-20/h8-9,11,13H,3-7,10,19H2,1-2H3. The SMILES string of the molecule is CCC(N)Cc1cc(F)c(N2CCCC(C)C2)c(F)c1. The third-order valence-corrected chi connectivity index (χ3v) is 4.07. The van der Waals surface area contributed by atoms with Crippen molar-refractivity contribution in [3.05, 3.63) is 29.3 Å². The van der Waals surface area contributed by atoms with E-state index < -0.39 is 11.6 Å². The van der Waals surface area contributed by atoms with Crippen LogP contribution in [0.5, 0.6) is 0 Å². The number of nitrogens with two attached hydrogens (primary N) is 1. The van der Waals surface area contributed by atoms with Gasteiger partial charge in [-0.2, -0.15) is 0 Å². The summed E-state index contributed by atoms with van der Waals surface area (Å²) in [5, 5.41) is 0. The van der Waals surface area contributed by atoms with Gasteiger partial charge in [-0.1, -0.05) is 13.8 Å². The van der Waals surface area contributed by atoms with Gasteiger partial charge in [0.25, 0.3) is 0 Å². The van der Waals surface area contributed by atoms with Gasteiger partial charge in [0.1, 0.15) is 17.3 Å². The molecule has 0 spiro atoms. The van der Waals surface area contributed by atoms with Gasteiger partial charge in [-0.3, -0.25) is 0 Å². The van der Waals surface area contributed by atoms with Crippen molar-refractivity contribution >= 4 is 5.69 Å². The normalized spacial score (nSPS) is 21.1. The molecule has 2 N–H and O–H groups in total. The molecule has 0 aliphatic carbocycles. The fraction of sp³-hybridized carbons (Fsp3) is 0.625. The summed E-state index contributed by atoms with van der Waals surface area (Å²) in [4.78, 5) is 1.84. The number of benzene rings is 1. The highest BCUT2D eigenvalue weighted by molar-refractivity contribution is 5.51. The number of anilines is 1. The van der Waals surface area contributed by atoms with Gasteiger partial charge in [0.05, 0.1) is 0 Å². The molecule has 1 aliphatic heterocycles. The fourth-order valence-corrected chi connectivity index (χ4v) is 2.88. The monoisotopic (exact) mass is 282 g/mol. The second-order valence-corrected chi connectivity index (χ2v) is 5.97. The lowest BCUT2D eigenvalue weighted by Crippen LogP contribution is -2.35. The number of hydrogen-bond acceptors (Lipinski definition) is 2. The first-order chi connectivity index (χ1) is 9.51. The number of piperidine rings is 1. The van der Waals surface area contributed by atoms with E-state index in [0.29, 0.717) is 17.9 Å². The molecule has 20 heavy (non-hydrogen) atoms. The number of halogens is 2. The molecule has 1 aliphatic rings. The van der Waals surface area contributed by atoms with Gasteiger partial charge in [0, 0.05) is 19.1 Å². The first kappa shape index (κ1) is 15.2. The van der Waals surface area contributed by atoms with Crippen molar-refractivity contribution in [2.24, 2.45) is 11.7 Å². The van der Waals surface area contributed by atoms with Gasteiger partial charge in [0.15, 0.2) is 0 Å². The molecule has 4 heteroatoms. The molecule has 2 unspecified atom stereocenters. The average molecular weight is 282 g/mol. The number of nitrogens with zero attached hydrogens (tertiary/aromatic N) is 1. The Balaban J connectivity index is 2.22. The first-order valence-corrected chi connectivity index (χ1v) is 7.49. The van der Waals surface area contributed by atoms with E-state index >= 15 is 0 Å². The largest absolute Gasteiger partial charge is 0.367 e. The Labute approximate surface area is 120 Å². The van der Waals surface area contributed by atoms with Crippen LogP contribution in [-0.4, -0.2) is 19.1 Å². The van der Waals surface area contributed by atoms with Crippen LogP contribution in [0.4, 0.5) is 14.5 Å². The molecule has 2 nitrogen and oxygen atoms in total. The van der Waals surface area contributed by atoms with Crippen molar-refractivity contribution in [1.82, 2.24) is 0 Å². The number of hydrogen-bond donors (Lipinski definition) is 1. The maximum Gasteiger partial charge on any atom is 0.149 e. The predicted molar refractivity (Wildman–Crippen MR) is 78.9 cm³/mol. The van der Waals surface area contributed by atoms with Gasteiger partial charge in [-0.25, -0.2) is 8.78 Å². The maximum absolute atomic E-state index is 14.3. The third kappa shape index (κ3) is 3.48. The zero-order valence-corrected chi connectivity index (χ0v) is 12.3. The molecule has 1 aromatic rings. The highest BCUT2D eigenvalue weighted by Crippen LogP contribution is 2.29. The molecule has 1 fully saturated rings. The molecule has 1 saturated heterocycles. The molecular formula is C16H24F2N2. The molecule has 0 radical (unpaired) electrons. The van der Waals surface area contributed by atoms with E-state index in [1.807, 2.05) is 11.8 Å². The smallest absolute Gasteiger partial charge is 0.149 e. The van der Waals surface area contributed by atoms with Crippen LogP contribution in [0, 0.1) is 17.6 Å². The Kier molecular flexibility index (Phi) is 4.97. The predicted octanol–water partition coefficient (Wildman–Crippen LogP) is 3.48. The Morgan fingerprint density at radius 3 is 2.55 bits per heavy atom. The Bertz CT molecular complexity index is 439. The lowest BCUT2D eigenvalue weighted by molar-refractivity contribution is 0.435. The lowest BCUT2D eigenvalue weighted by Gasteiger charge is -2.33. The minimum Gasteiger partial charge on any atom is -0.367 e. The van der Waals surface area contributed by atoms with Crippen molar-refractivity contribution in [2.45, 2.75) is 45.6 Å². The molecule has 112 valence electrons. The molecule has 1 aromatic carbocycles. The minimum atomic E-state index is -0.461. The summed E-state index contributed by atoms with van der Waals surface area (Å²) in [5.74, 6) is -0.439. The fourth-order valence-electron chi connectivity index (χ4n) is 2.88. The first-order valence-electron chi connectivity index (χ1n) is 7.49. The van der Waals surface area contributed by atoms with Gasteiger partial charge in [0.2, 0.25) is 0 Å². The van der Waals surface area contributed by atoms with Crippen molar-refractivity contribution in [1.29, 1.82) is 0 Å². The van der Waals surface area contributed by atoms with E-state index in [4.69, 9.17) is 5.73 Å². The summed E-state index contributed by atoms with van der Waals surface area (Å²) < 4.78 is 28.5. The summed E-state index contributed by atoms with van der Waals surface area (Å²) >= 11 is 0. The summed E-state index contributed by atoms with van der Waals surface area (Å²) in [5.41, 5.74) is 6.62. The molecule has 2 atom stereocenters. The van der Waals surface area contributed by atoms with Crippen LogP contribution in [-0.2, 0) is 6.42 Å². The van der Waals surface area contributed by atoms with E-state index in [1.165, 1.54) is 12.1 Å². The second-order valence-electron chi connectivity index (χ2n) is 5.97. The summed E-state index contributed by atoms with van der Waals surface area (Å²) in [6.07, 6.45) is 3.43. The van der Waals surface area contributed by atoms with Crippen LogP contribution in [0.25, 0.3) is 0 Å². The van der Waals surface area contributed by atoms with Crippen molar-refractivity contribution < 1.29 is 8.78 Å². The molecular weight excluding hydrogens is 258 g/mol. The van der Waals surface area contributed by atoms with Gasteiger partial charge < -0.3 is 10.6 Å². The quantitative estimate of drug-likeness (QED) is 0.916. The highest BCUT2D eigenvalue weighted by atomic mass is 19.1. The lowest BCUT2D eigenvalue weighted by atomic mass is 9.98. The molecule has 0 bridgehead atoms. The molecule has 0 aromatic heterocycles. The van der Waals surface area contributed by atoms with Gasteiger partial charge >= 0.3 is 0 Å². The molecule has 1 heterocycles. The molecule has 0 amide bonds. The van der Waals surface area contributed by atoms with Gasteiger partial charge in [-0.15, -0.1) is 0 Å². The van der Waals surface area contributed by atoms with Crippen molar-refractivity contribution in [2.75, 3.05) is 18.0 Å². The van der Waals surface area contributed by atoms with Crippen LogP contribution in [0.2, 0.25) is 0 Å². The Morgan fingerprint density at radius 2 is 2.00 bits per heavy atom. The van der Waals surface area contributed by atoms with Crippen molar-refractivity contribution in [3.63, 3.8) is 0 Å². The minimum absolute atomic E-state index is 0.0466.